The summed E-state index contributed by atoms with van der Waals surface area (Å²) in [4.78, 5) is 37.4. The Morgan fingerprint density at radius 1 is 1.19 bits per heavy atom. The van der Waals surface area contributed by atoms with Gasteiger partial charge in [0, 0.05) is 6.20 Å². The van der Waals surface area contributed by atoms with Crippen LogP contribution >= 0.6 is 11.3 Å². The number of pyridine rings is 1. The van der Waals surface area contributed by atoms with E-state index in [-0.39, 0.29) is 30.5 Å². The zero-order valence-electron chi connectivity index (χ0n) is 14.2. The molecule has 3 aromatic rings. The Hall–Kier alpha value is -3.07. The lowest BCUT2D eigenvalue weighted by atomic mass is 10.2. The van der Waals surface area contributed by atoms with Gasteiger partial charge >= 0.3 is 11.9 Å². The molecule has 0 aliphatic carbocycles. The fourth-order valence-corrected chi connectivity index (χ4v) is 3.46. The molecule has 0 aliphatic rings. The summed E-state index contributed by atoms with van der Waals surface area (Å²) in [6.45, 7) is 3.64. The van der Waals surface area contributed by atoms with Crippen molar-refractivity contribution in [2.24, 2.45) is 0 Å². The van der Waals surface area contributed by atoms with Gasteiger partial charge in [0.2, 0.25) is 0 Å². The van der Waals surface area contributed by atoms with Crippen LogP contribution in [-0.2, 0) is 16.1 Å². The van der Waals surface area contributed by atoms with Crippen molar-refractivity contribution in [3.05, 3.63) is 46.4 Å². The van der Waals surface area contributed by atoms with Crippen molar-refractivity contribution in [3.63, 3.8) is 0 Å². The van der Waals surface area contributed by atoms with Gasteiger partial charge in [0.15, 0.2) is 12.4 Å². The van der Waals surface area contributed by atoms with E-state index in [1.165, 1.54) is 17.5 Å². The summed E-state index contributed by atoms with van der Waals surface area (Å²) in [6, 6.07) is 4.94. The van der Waals surface area contributed by atoms with Crippen molar-refractivity contribution >= 4 is 39.3 Å². The normalized spacial score (nSPS) is 10.7. The summed E-state index contributed by atoms with van der Waals surface area (Å²) in [7, 11) is 0. The maximum Gasteiger partial charge on any atom is 0.357 e. The summed E-state index contributed by atoms with van der Waals surface area (Å²) in [6.07, 6.45) is 1.50. The topological polar surface area (TPSA) is 117 Å². The van der Waals surface area contributed by atoms with Crippen LogP contribution in [0.1, 0.15) is 38.5 Å². The van der Waals surface area contributed by atoms with E-state index in [1.807, 2.05) is 0 Å². The first-order valence-electron chi connectivity index (χ1n) is 7.82. The van der Waals surface area contributed by atoms with Crippen LogP contribution in [0.5, 0.6) is 0 Å². The van der Waals surface area contributed by atoms with Crippen molar-refractivity contribution in [2.45, 2.75) is 20.5 Å². The minimum absolute atomic E-state index is 0.152. The number of anilines is 1. The molecule has 0 saturated carbocycles. The number of hydrogen-bond acceptors (Lipinski definition) is 9. The average molecular weight is 372 g/mol. The zero-order valence-corrected chi connectivity index (χ0v) is 15.0. The molecule has 0 bridgehead atoms. The summed E-state index contributed by atoms with van der Waals surface area (Å²) in [5, 5.41) is 0.609. The molecule has 0 atom stereocenters. The second kappa shape index (κ2) is 7.44. The van der Waals surface area contributed by atoms with Crippen molar-refractivity contribution in [1.29, 1.82) is 0 Å². The van der Waals surface area contributed by atoms with Crippen LogP contribution in [0, 0.1) is 6.92 Å². The van der Waals surface area contributed by atoms with Gasteiger partial charge in [-0.25, -0.2) is 24.5 Å². The molecular formula is C17H16N4O4S. The van der Waals surface area contributed by atoms with Crippen LogP contribution in [0.25, 0.3) is 10.2 Å². The number of nitrogens with two attached hydrogens (primary N) is 1. The van der Waals surface area contributed by atoms with Crippen molar-refractivity contribution in [3.8, 4) is 0 Å². The number of carbonyl (C=O) groups is 2. The number of carbonyl (C=O) groups excluding carboxylic acids is 2. The molecule has 0 aromatic carbocycles. The number of thiophene rings is 1. The van der Waals surface area contributed by atoms with Crippen LogP contribution in [0.15, 0.2) is 24.4 Å². The van der Waals surface area contributed by atoms with E-state index in [0.29, 0.717) is 20.7 Å². The number of nitrogen functional groups attached to an aromatic ring is 1. The lowest BCUT2D eigenvalue weighted by Crippen LogP contribution is -2.09. The van der Waals surface area contributed by atoms with Crippen LogP contribution in [-0.4, -0.2) is 33.5 Å². The Balaban J connectivity index is 1.84. The van der Waals surface area contributed by atoms with Crippen molar-refractivity contribution in [1.82, 2.24) is 15.0 Å². The molecule has 134 valence electrons. The molecule has 8 nitrogen and oxygen atoms in total. The Bertz CT molecular complexity index is 972. The van der Waals surface area contributed by atoms with E-state index in [4.69, 9.17) is 15.2 Å². The van der Waals surface area contributed by atoms with Gasteiger partial charge in [-0.2, -0.15) is 0 Å². The minimum Gasteiger partial charge on any atom is -0.462 e. The largest absolute Gasteiger partial charge is 0.462 e. The van der Waals surface area contributed by atoms with Gasteiger partial charge in [-0.1, -0.05) is 6.07 Å². The van der Waals surface area contributed by atoms with Gasteiger partial charge in [0.05, 0.1) is 12.0 Å². The highest BCUT2D eigenvalue weighted by Gasteiger charge is 2.21. The maximum atomic E-state index is 12.0. The average Bonchev–Trinajstić information content (AvgIpc) is 2.98. The predicted molar refractivity (Wildman–Crippen MR) is 95.9 cm³/mol. The van der Waals surface area contributed by atoms with Crippen molar-refractivity contribution < 1.29 is 19.1 Å². The highest BCUT2D eigenvalue weighted by Crippen LogP contribution is 2.33. The summed E-state index contributed by atoms with van der Waals surface area (Å²) < 4.78 is 10.2. The molecule has 3 rings (SSSR count). The molecule has 0 saturated heterocycles. The number of ether oxygens (including phenoxy) is 2. The molecule has 3 aromatic heterocycles. The maximum absolute atomic E-state index is 12.0. The molecule has 0 unspecified atom stereocenters. The number of aryl methyl sites for hydroxylation is 1. The lowest BCUT2D eigenvalue weighted by Gasteiger charge is -2.05. The van der Waals surface area contributed by atoms with E-state index >= 15 is 0 Å². The van der Waals surface area contributed by atoms with Gasteiger partial charge in [0.25, 0.3) is 0 Å². The Labute approximate surface area is 153 Å². The standard InChI is InChI=1S/C17H16N4O4S/c1-3-24-17(23)13-9(2)12-14(18)20-11(21-15(12)26-13)8-25-16(22)10-6-4-5-7-19-10/h4-7H,3,8H2,1-2H3,(H2,18,20,21). The number of esters is 2. The van der Waals surface area contributed by atoms with Crippen LogP contribution in [0.2, 0.25) is 0 Å². The monoisotopic (exact) mass is 372 g/mol. The third-order valence-corrected chi connectivity index (χ3v) is 4.70. The van der Waals surface area contributed by atoms with Gasteiger partial charge < -0.3 is 15.2 Å². The van der Waals surface area contributed by atoms with Gasteiger partial charge in [-0.05, 0) is 31.5 Å². The molecule has 3 heterocycles. The van der Waals surface area contributed by atoms with E-state index < -0.39 is 11.9 Å². The van der Waals surface area contributed by atoms with E-state index in [0.717, 1.165) is 0 Å². The predicted octanol–water partition coefficient (Wildman–Crippen LogP) is 2.51. The van der Waals surface area contributed by atoms with Gasteiger partial charge in [-0.15, -0.1) is 11.3 Å². The first-order valence-corrected chi connectivity index (χ1v) is 8.63. The lowest BCUT2D eigenvalue weighted by molar-refractivity contribution is 0.0455. The summed E-state index contributed by atoms with van der Waals surface area (Å²) >= 11 is 1.17. The first kappa shape index (κ1) is 17.7. The number of rotatable bonds is 5. The molecule has 9 heteroatoms. The Kier molecular flexibility index (Phi) is 5.08. The van der Waals surface area contributed by atoms with Gasteiger partial charge in [0.1, 0.15) is 21.2 Å². The fraction of sp³-hybridized carbons (Fsp3) is 0.235. The number of nitrogens with zero attached hydrogens (tertiary/aromatic N) is 3. The molecule has 0 radical (unpaired) electrons. The Morgan fingerprint density at radius 3 is 2.69 bits per heavy atom. The molecule has 0 spiro atoms. The molecule has 0 fully saturated rings. The van der Waals surface area contributed by atoms with E-state index in [9.17, 15) is 9.59 Å². The first-order chi connectivity index (χ1) is 12.5. The van der Waals surface area contributed by atoms with Crippen LogP contribution < -0.4 is 5.73 Å². The second-order valence-corrected chi connectivity index (χ2v) is 6.27. The number of hydrogen-bond donors (Lipinski definition) is 1. The van der Waals surface area contributed by atoms with Crippen LogP contribution in [0.4, 0.5) is 5.82 Å². The number of aromatic nitrogens is 3. The molecule has 26 heavy (non-hydrogen) atoms. The SMILES string of the molecule is CCOC(=O)c1sc2nc(COC(=O)c3ccccn3)nc(N)c2c1C. The third-order valence-electron chi connectivity index (χ3n) is 3.53. The quantitative estimate of drug-likeness (QED) is 0.679. The minimum atomic E-state index is -0.581. The number of fused-ring (bicyclic) bond motifs is 1. The third kappa shape index (κ3) is 3.47. The molecule has 0 amide bonds. The van der Waals surface area contributed by atoms with E-state index in [2.05, 4.69) is 15.0 Å². The fourth-order valence-electron chi connectivity index (χ4n) is 2.36. The highest BCUT2D eigenvalue weighted by atomic mass is 32.1. The molecule has 0 aliphatic heterocycles. The highest BCUT2D eigenvalue weighted by molar-refractivity contribution is 7.20. The summed E-state index contributed by atoms with van der Waals surface area (Å²) in [5.74, 6) is -0.530. The zero-order chi connectivity index (χ0) is 18.7. The van der Waals surface area contributed by atoms with Crippen LogP contribution in [0.3, 0.4) is 0 Å². The smallest absolute Gasteiger partial charge is 0.357 e. The van der Waals surface area contributed by atoms with Gasteiger partial charge in [-0.3, -0.25) is 0 Å². The Morgan fingerprint density at radius 2 is 2.00 bits per heavy atom. The van der Waals surface area contributed by atoms with E-state index in [1.54, 1.807) is 32.0 Å². The van der Waals surface area contributed by atoms with Crippen molar-refractivity contribution in [2.75, 3.05) is 12.3 Å². The summed E-state index contributed by atoms with van der Waals surface area (Å²) in [5.41, 5.74) is 6.88. The molecule has 2 N–H and O–H groups in total. The second-order valence-electron chi connectivity index (χ2n) is 5.27. The molecular weight excluding hydrogens is 356 g/mol.